The average Bonchev–Trinajstić information content (AvgIpc) is 3.44. The second-order valence-electron chi connectivity index (χ2n) is 6.90. The molecule has 28 heavy (non-hydrogen) atoms. The standard InChI is InChI=1S/C20H23N3O4S/c1-14-7-3-6-10-18(14)23(28(2,26)27)13-19(24)22-17-9-5-4-8-16(17)20(25)21-15-11-12-15/h3-10,15H,11-13H2,1-2H3,(H,21,25)(H,22,24). The summed E-state index contributed by atoms with van der Waals surface area (Å²) in [6, 6.07) is 13.8. The number of aryl methyl sites for hydroxylation is 1. The van der Waals surface area contributed by atoms with E-state index in [1.165, 1.54) is 0 Å². The van der Waals surface area contributed by atoms with Gasteiger partial charge in [-0.1, -0.05) is 30.3 Å². The number of benzene rings is 2. The number of para-hydroxylation sites is 2. The van der Waals surface area contributed by atoms with E-state index in [4.69, 9.17) is 0 Å². The van der Waals surface area contributed by atoms with E-state index in [0.29, 0.717) is 16.9 Å². The molecule has 0 unspecified atom stereocenters. The molecule has 0 bridgehead atoms. The van der Waals surface area contributed by atoms with Crippen molar-refractivity contribution in [1.82, 2.24) is 5.32 Å². The summed E-state index contributed by atoms with van der Waals surface area (Å²) < 4.78 is 25.6. The molecule has 2 aromatic carbocycles. The first-order valence-electron chi connectivity index (χ1n) is 8.99. The van der Waals surface area contributed by atoms with Gasteiger partial charge in [0.1, 0.15) is 6.54 Å². The summed E-state index contributed by atoms with van der Waals surface area (Å²) >= 11 is 0. The lowest BCUT2D eigenvalue weighted by Gasteiger charge is -2.23. The third kappa shape index (κ3) is 4.89. The van der Waals surface area contributed by atoms with Crippen LogP contribution in [0.5, 0.6) is 0 Å². The maximum absolute atomic E-state index is 12.6. The van der Waals surface area contributed by atoms with Gasteiger partial charge in [0.2, 0.25) is 15.9 Å². The van der Waals surface area contributed by atoms with Crippen LogP contribution < -0.4 is 14.9 Å². The molecule has 0 spiro atoms. The summed E-state index contributed by atoms with van der Waals surface area (Å²) in [6.45, 7) is 1.39. The van der Waals surface area contributed by atoms with Gasteiger partial charge in [-0.25, -0.2) is 8.42 Å². The highest BCUT2D eigenvalue weighted by Gasteiger charge is 2.26. The lowest BCUT2D eigenvalue weighted by molar-refractivity contribution is -0.114. The smallest absolute Gasteiger partial charge is 0.253 e. The number of rotatable bonds is 7. The summed E-state index contributed by atoms with van der Waals surface area (Å²) in [6.07, 6.45) is 2.98. The first kappa shape index (κ1) is 19.9. The topological polar surface area (TPSA) is 95.6 Å². The van der Waals surface area contributed by atoms with E-state index in [1.807, 2.05) is 0 Å². The van der Waals surface area contributed by atoms with Gasteiger partial charge in [0.15, 0.2) is 0 Å². The molecular weight excluding hydrogens is 378 g/mol. The number of anilines is 2. The minimum atomic E-state index is -3.67. The Morgan fingerprint density at radius 1 is 1.07 bits per heavy atom. The highest BCUT2D eigenvalue weighted by atomic mass is 32.2. The van der Waals surface area contributed by atoms with Gasteiger partial charge in [-0.2, -0.15) is 0 Å². The van der Waals surface area contributed by atoms with E-state index in [1.54, 1.807) is 55.5 Å². The average molecular weight is 401 g/mol. The van der Waals surface area contributed by atoms with E-state index in [2.05, 4.69) is 10.6 Å². The number of amides is 2. The summed E-state index contributed by atoms with van der Waals surface area (Å²) in [7, 11) is -3.67. The molecule has 0 aromatic heterocycles. The maximum atomic E-state index is 12.6. The fourth-order valence-corrected chi connectivity index (χ4v) is 3.74. The van der Waals surface area contributed by atoms with Crippen LogP contribution in [0.25, 0.3) is 0 Å². The molecule has 0 saturated heterocycles. The van der Waals surface area contributed by atoms with Gasteiger partial charge >= 0.3 is 0 Å². The lowest BCUT2D eigenvalue weighted by Crippen LogP contribution is -2.38. The quantitative estimate of drug-likeness (QED) is 0.744. The van der Waals surface area contributed by atoms with E-state index in [9.17, 15) is 18.0 Å². The molecular formula is C20H23N3O4S. The zero-order valence-corrected chi connectivity index (χ0v) is 16.6. The van der Waals surface area contributed by atoms with Gasteiger partial charge < -0.3 is 10.6 Å². The predicted molar refractivity (Wildman–Crippen MR) is 109 cm³/mol. The summed E-state index contributed by atoms with van der Waals surface area (Å²) in [5.74, 6) is -0.780. The number of nitrogens with one attached hydrogen (secondary N) is 2. The van der Waals surface area contributed by atoms with Gasteiger partial charge in [-0.3, -0.25) is 13.9 Å². The van der Waals surface area contributed by atoms with Crippen LogP contribution in [0.4, 0.5) is 11.4 Å². The molecule has 0 aliphatic heterocycles. The SMILES string of the molecule is Cc1ccccc1N(CC(=O)Nc1ccccc1C(=O)NC1CC1)S(C)(=O)=O. The highest BCUT2D eigenvalue weighted by molar-refractivity contribution is 7.92. The zero-order valence-electron chi connectivity index (χ0n) is 15.8. The minimum absolute atomic E-state index is 0.193. The maximum Gasteiger partial charge on any atom is 0.253 e. The van der Waals surface area contributed by atoms with Crippen molar-refractivity contribution >= 4 is 33.2 Å². The van der Waals surface area contributed by atoms with Crippen LogP contribution in [0.1, 0.15) is 28.8 Å². The van der Waals surface area contributed by atoms with Crippen LogP contribution in [0.2, 0.25) is 0 Å². The number of hydrogen-bond donors (Lipinski definition) is 2. The van der Waals surface area contributed by atoms with E-state index in [-0.39, 0.29) is 18.5 Å². The van der Waals surface area contributed by atoms with Crippen molar-refractivity contribution in [2.24, 2.45) is 0 Å². The van der Waals surface area contributed by atoms with Crippen molar-refractivity contribution in [3.63, 3.8) is 0 Å². The molecule has 1 aliphatic rings. The number of hydrogen-bond acceptors (Lipinski definition) is 4. The van der Waals surface area contributed by atoms with Gasteiger partial charge in [0, 0.05) is 6.04 Å². The van der Waals surface area contributed by atoms with E-state index < -0.39 is 15.9 Å². The van der Waals surface area contributed by atoms with Crippen molar-refractivity contribution in [2.45, 2.75) is 25.8 Å². The largest absolute Gasteiger partial charge is 0.349 e. The number of carbonyl (C=O) groups is 2. The molecule has 148 valence electrons. The van der Waals surface area contributed by atoms with Crippen LogP contribution in [0, 0.1) is 6.92 Å². The Balaban J connectivity index is 1.79. The van der Waals surface area contributed by atoms with Crippen LogP contribution in [0.3, 0.4) is 0 Å². The van der Waals surface area contributed by atoms with Gasteiger partial charge in [-0.05, 0) is 43.5 Å². The molecule has 1 aliphatic carbocycles. The molecule has 2 N–H and O–H groups in total. The molecule has 1 fully saturated rings. The molecule has 1 saturated carbocycles. The van der Waals surface area contributed by atoms with Gasteiger partial charge in [-0.15, -0.1) is 0 Å². The number of carbonyl (C=O) groups excluding carboxylic acids is 2. The molecule has 2 amide bonds. The van der Waals surface area contributed by atoms with Crippen LogP contribution in [-0.2, 0) is 14.8 Å². The minimum Gasteiger partial charge on any atom is -0.349 e. The van der Waals surface area contributed by atoms with Crippen LogP contribution >= 0.6 is 0 Å². The monoisotopic (exact) mass is 401 g/mol. The Morgan fingerprint density at radius 2 is 1.71 bits per heavy atom. The van der Waals surface area contributed by atoms with Crippen molar-refractivity contribution < 1.29 is 18.0 Å². The Hall–Kier alpha value is -2.87. The fraction of sp³-hybridized carbons (Fsp3) is 0.300. The first-order valence-corrected chi connectivity index (χ1v) is 10.8. The summed E-state index contributed by atoms with van der Waals surface area (Å²) in [5.41, 5.74) is 1.89. The van der Waals surface area contributed by atoms with Crippen LogP contribution in [0.15, 0.2) is 48.5 Å². The van der Waals surface area contributed by atoms with E-state index in [0.717, 1.165) is 29.0 Å². The Bertz CT molecular complexity index is 1000. The summed E-state index contributed by atoms with van der Waals surface area (Å²) in [5, 5.41) is 5.56. The number of sulfonamides is 1. The van der Waals surface area contributed by atoms with Crippen molar-refractivity contribution in [2.75, 3.05) is 22.4 Å². The molecule has 3 rings (SSSR count). The fourth-order valence-electron chi connectivity index (χ4n) is 2.83. The molecule has 7 nitrogen and oxygen atoms in total. The third-order valence-corrected chi connectivity index (χ3v) is 5.56. The van der Waals surface area contributed by atoms with Gasteiger partial charge in [0.25, 0.3) is 5.91 Å². The molecule has 0 atom stereocenters. The van der Waals surface area contributed by atoms with Crippen molar-refractivity contribution in [1.29, 1.82) is 0 Å². The Kier molecular flexibility index (Phi) is 5.69. The van der Waals surface area contributed by atoms with Crippen molar-refractivity contribution in [3.8, 4) is 0 Å². The first-order chi connectivity index (χ1) is 13.3. The molecule has 0 heterocycles. The normalized spacial score (nSPS) is 13.6. The Labute approximate surface area is 164 Å². The van der Waals surface area contributed by atoms with E-state index >= 15 is 0 Å². The predicted octanol–water partition coefficient (Wildman–Crippen LogP) is 2.29. The second-order valence-corrected chi connectivity index (χ2v) is 8.80. The summed E-state index contributed by atoms with van der Waals surface area (Å²) in [4.78, 5) is 25.0. The van der Waals surface area contributed by atoms with Crippen molar-refractivity contribution in [3.05, 3.63) is 59.7 Å². The van der Waals surface area contributed by atoms with Gasteiger partial charge in [0.05, 0.1) is 23.2 Å². The molecule has 2 aromatic rings. The lowest BCUT2D eigenvalue weighted by atomic mass is 10.1. The zero-order chi connectivity index (χ0) is 20.3. The number of nitrogens with zero attached hydrogens (tertiary/aromatic N) is 1. The third-order valence-electron chi connectivity index (χ3n) is 4.43. The Morgan fingerprint density at radius 3 is 2.36 bits per heavy atom. The highest BCUT2D eigenvalue weighted by Crippen LogP contribution is 2.23. The second kappa shape index (κ2) is 8.02. The molecule has 0 radical (unpaired) electrons. The molecule has 8 heteroatoms. The van der Waals surface area contributed by atoms with Crippen LogP contribution in [-0.4, -0.2) is 39.1 Å².